The highest BCUT2D eigenvalue weighted by Gasteiger charge is 2.26. The van der Waals surface area contributed by atoms with Crippen molar-refractivity contribution < 1.29 is 4.21 Å². The third kappa shape index (κ3) is 2.33. The lowest BCUT2D eigenvalue weighted by molar-refractivity contribution is 0.273. The van der Waals surface area contributed by atoms with Gasteiger partial charge in [-0.3, -0.25) is 0 Å². The molecule has 1 aliphatic heterocycles. The van der Waals surface area contributed by atoms with Gasteiger partial charge in [-0.05, 0) is 28.8 Å². The molecule has 1 atom stereocenters. The van der Waals surface area contributed by atoms with E-state index in [4.69, 9.17) is 5.73 Å². The number of rotatable bonds is 2. The van der Waals surface area contributed by atoms with Crippen LogP contribution in [0.2, 0.25) is 0 Å². The van der Waals surface area contributed by atoms with Crippen LogP contribution in [0.5, 0.6) is 0 Å². The Balaban J connectivity index is 1.92. The van der Waals surface area contributed by atoms with E-state index in [1.165, 1.54) is 6.33 Å². The van der Waals surface area contributed by atoms with E-state index in [9.17, 15) is 4.21 Å². The molecule has 108 valence electrons. The zero-order valence-corrected chi connectivity index (χ0v) is 13.4. The first-order valence-electron chi connectivity index (χ1n) is 6.30. The van der Waals surface area contributed by atoms with Gasteiger partial charge >= 0.3 is 0 Å². The second-order valence-corrected chi connectivity index (χ2v) is 6.89. The number of nitrogens with zero attached hydrogens (tertiary/aromatic N) is 5. The van der Waals surface area contributed by atoms with E-state index >= 15 is 0 Å². The van der Waals surface area contributed by atoms with Crippen molar-refractivity contribution in [2.75, 3.05) is 25.1 Å². The van der Waals surface area contributed by atoms with Gasteiger partial charge in [0.05, 0.1) is 22.4 Å². The Morgan fingerprint density at radius 2 is 2.10 bits per heavy atom. The average Bonchev–Trinajstić information content (AvgIpc) is 2.77. The molecule has 3 rings (SSSR count). The lowest BCUT2D eigenvalue weighted by atomic mass is 10.1. The molecule has 1 aliphatic rings. The highest BCUT2D eigenvalue weighted by Crippen LogP contribution is 2.31. The number of fused-ring (bicyclic) bond motifs is 1. The van der Waals surface area contributed by atoms with Crippen LogP contribution in [-0.4, -0.2) is 47.6 Å². The van der Waals surface area contributed by atoms with Gasteiger partial charge in [-0.2, -0.15) is 5.10 Å². The van der Waals surface area contributed by atoms with Crippen LogP contribution in [0, 0.1) is 0 Å². The van der Waals surface area contributed by atoms with E-state index in [1.54, 1.807) is 6.26 Å². The number of nitrogens with two attached hydrogens (primary N) is 1. The Labute approximate surface area is 127 Å². The SMILES string of the molecule is CS(=O)N1CCC(n2nc(Br)c3c(N)ncnc32)CC1. The predicted octanol–water partition coefficient (Wildman–Crippen LogP) is 1.10. The summed E-state index contributed by atoms with van der Waals surface area (Å²) in [5.41, 5.74) is 6.63. The van der Waals surface area contributed by atoms with E-state index in [-0.39, 0.29) is 6.04 Å². The van der Waals surface area contributed by atoms with Crippen LogP contribution in [0.1, 0.15) is 18.9 Å². The molecule has 7 nitrogen and oxygen atoms in total. The minimum Gasteiger partial charge on any atom is -0.383 e. The number of nitrogen functional groups attached to an aromatic ring is 1. The summed E-state index contributed by atoms with van der Waals surface area (Å²) in [6, 6.07) is 0.248. The Morgan fingerprint density at radius 3 is 2.75 bits per heavy atom. The summed E-state index contributed by atoms with van der Waals surface area (Å²) >= 11 is 3.42. The van der Waals surface area contributed by atoms with Gasteiger partial charge in [-0.15, -0.1) is 0 Å². The molecular weight excluding hydrogens is 344 g/mol. The zero-order valence-electron chi connectivity index (χ0n) is 11.0. The number of hydrogen-bond donors (Lipinski definition) is 1. The fourth-order valence-electron chi connectivity index (χ4n) is 2.55. The smallest absolute Gasteiger partial charge is 0.164 e. The molecule has 0 saturated carbocycles. The highest BCUT2D eigenvalue weighted by molar-refractivity contribution is 9.10. The van der Waals surface area contributed by atoms with Crippen molar-refractivity contribution in [1.29, 1.82) is 0 Å². The van der Waals surface area contributed by atoms with Crippen LogP contribution in [-0.2, 0) is 11.0 Å². The zero-order chi connectivity index (χ0) is 14.3. The summed E-state index contributed by atoms with van der Waals surface area (Å²) in [4.78, 5) is 8.29. The lowest BCUT2D eigenvalue weighted by Crippen LogP contribution is -2.35. The molecule has 1 saturated heterocycles. The maximum atomic E-state index is 11.5. The Bertz CT molecular complexity index is 666. The van der Waals surface area contributed by atoms with Gasteiger partial charge in [0.15, 0.2) is 5.65 Å². The molecule has 3 heterocycles. The molecule has 2 aromatic heterocycles. The minimum atomic E-state index is -0.900. The second kappa shape index (κ2) is 5.38. The third-order valence-electron chi connectivity index (χ3n) is 3.61. The van der Waals surface area contributed by atoms with Crippen LogP contribution in [0.15, 0.2) is 10.9 Å². The predicted molar refractivity (Wildman–Crippen MR) is 81.3 cm³/mol. The van der Waals surface area contributed by atoms with Crippen LogP contribution in [0.25, 0.3) is 11.0 Å². The summed E-state index contributed by atoms with van der Waals surface area (Å²) in [5.74, 6) is 0.431. The molecule has 2 N–H and O–H groups in total. The van der Waals surface area contributed by atoms with E-state index in [2.05, 4.69) is 31.0 Å². The van der Waals surface area contributed by atoms with E-state index in [1.807, 2.05) is 8.99 Å². The lowest BCUT2D eigenvalue weighted by Gasteiger charge is -2.30. The largest absolute Gasteiger partial charge is 0.383 e. The highest BCUT2D eigenvalue weighted by atomic mass is 79.9. The van der Waals surface area contributed by atoms with E-state index < -0.39 is 11.0 Å². The number of anilines is 1. The monoisotopic (exact) mass is 358 g/mol. The van der Waals surface area contributed by atoms with Crippen LogP contribution >= 0.6 is 15.9 Å². The van der Waals surface area contributed by atoms with Crippen LogP contribution in [0.3, 0.4) is 0 Å². The fourth-order valence-corrected chi connectivity index (χ4v) is 3.83. The second-order valence-electron chi connectivity index (χ2n) is 4.78. The minimum absolute atomic E-state index is 0.248. The van der Waals surface area contributed by atoms with Crippen molar-refractivity contribution in [3.8, 4) is 0 Å². The quantitative estimate of drug-likeness (QED) is 0.867. The number of aromatic nitrogens is 4. The Kier molecular flexibility index (Phi) is 3.74. The molecule has 0 radical (unpaired) electrons. The van der Waals surface area contributed by atoms with Crippen molar-refractivity contribution in [3.63, 3.8) is 0 Å². The first-order chi connectivity index (χ1) is 9.58. The Morgan fingerprint density at radius 1 is 1.40 bits per heavy atom. The van der Waals surface area contributed by atoms with Gasteiger partial charge in [0.25, 0.3) is 0 Å². The van der Waals surface area contributed by atoms with Crippen molar-refractivity contribution in [2.45, 2.75) is 18.9 Å². The Hall–Kier alpha value is -1.06. The molecule has 0 bridgehead atoms. The van der Waals surface area contributed by atoms with Crippen molar-refractivity contribution >= 4 is 43.8 Å². The summed E-state index contributed by atoms with van der Waals surface area (Å²) < 4.78 is 16.0. The van der Waals surface area contributed by atoms with E-state index in [0.717, 1.165) is 37.0 Å². The maximum Gasteiger partial charge on any atom is 0.164 e. The van der Waals surface area contributed by atoms with Crippen LogP contribution in [0.4, 0.5) is 5.82 Å². The summed E-state index contributed by atoms with van der Waals surface area (Å²) in [7, 11) is -0.900. The molecule has 0 amide bonds. The molecule has 1 unspecified atom stereocenters. The number of hydrogen-bond acceptors (Lipinski definition) is 5. The molecule has 9 heteroatoms. The summed E-state index contributed by atoms with van der Waals surface area (Å²) in [5, 5.41) is 5.26. The first-order valence-corrected chi connectivity index (χ1v) is 8.61. The van der Waals surface area contributed by atoms with Gasteiger partial charge in [0.2, 0.25) is 0 Å². The number of halogens is 1. The fraction of sp³-hybridized carbons (Fsp3) is 0.545. The van der Waals surface area contributed by atoms with Gasteiger partial charge in [0, 0.05) is 19.3 Å². The molecule has 0 aromatic carbocycles. The van der Waals surface area contributed by atoms with E-state index in [0.29, 0.717) is 10.4 Å². The molecular formula is C11H15BrN6OS. The standard InChI is InChI=1S/C11H15BrN6OS/c1-20(19)17-4-2-7(3-5-17)18-11-8(9(12)16-18)10(13)14-6-15-11/h6-7H,2-5H2,1H3,(H2,13,14,15). The molecule has 0 spiro atoms. The molecule has 1 fully saturated rings. The average molecular weight is 359 g/mol. The molecule has 20 heavy (non-hydrogen) atoms. The van der Waals surface area contributed by atoms with Crippen molar-refractivity contribution in [1.82, 2.24) is 24.1 Å². The van der Waals surface area contributed by atoms with Crippen LogP contribution < -0.4 is 5.73 Å². The van der Waals surface area contributed by atoms with Gasteiger partial charge < -0.3 is 5.73 Å². The van der Waals surface area contributed by atoms with Gasteiger partial charge in [0.1, 0.15) is 16.7 Å². The molecule has 2 aromatic rings. The maximum absolute atomic E-state index is 11.5. The first kappa shape index (κ1) is 13.9. The normalized spacial score (nSPS) is 19.5. The van der Waals surface area contributed by atoms with Gasteiger partial charge in [-0.25, -0.2) is 23.2 Å². The van der Waals surface area contributed by atoms with Crippen molar-refractivity contribution in [2.24, 2.45) is 0 Å². The van der Waals surface area contributed by atoms with Crippen molar-refractivity contribution in [3.05, 3.63) is 10.9 Å². The number of piperidine rings is 1. The summed E-state index contributed by atoms with van der Waals surface area (Å²) in [6.07, 6.45) is 4.96. The molecule has 0 aliphatic carbocycles. The summed E-state index contributed by atoms with van der Waals surface area (Å²) in [6.45, 7) is 1.60. The van der Waals surface area contributed by atoms with Gasteiger partial charge in [-0.1, -0.05) is 0 Å². The third-order valence-corrected chi connectivity index (χ3v) is 5.26. The topological polar surface area (TPSA) is 89.9 Å².